The fourth-order valence-corrected chi connectivity index (χ4v) is 4.53. The minimum absolute atomic E-state index is 0.0135. The molecule has 0 saturated heterocycles. The van der Waals surface area contributed by atoms with Crippen LogP contribution in [0.1, 0.15) is 36.1 Å². The van der Waals surface area contributed by atoms with Crippen molar-refractivity contribution in [3.05, 3.63) is 89.5 Å². The van der Waals surface area contributed by atoms with Gasteiger partial charge in [-0.15, -0.1) is 5.10 Å². The van der Waals surface area contributed by atoms with Crippen molar-refractivity contribution < 1.29 is 36.6 Å². The highest BCUT2D eigenvalue weighted by Gasteiger charge is 2.29. The number of ether oxygens (including phenoxy) is 1. The largest absolute Gasteiger partial charge is 0.345 e. The van der Waals surface area contributed by atoms with E-state index in [1.165, 1.54) is 35.1 Å². The van der Waals surface area contributed by atoms with E-state index in [9.17, 15) is 22.8 Å². The fraction of sp³-hybridized carbons (Fsp3) is 0.240. The van der Waals surface area contributed by atoms with E-state index < -0.39 is 30.6 Å². The maximum Gasteiger partial charge on any atom is 0.345 e. The first kappa shape index (κ1) is 28.2. The van der Waals surface area contributed by atoms with Gasteiger partial charge in [-0.05, 0) is 25.1 Å². The summed E-state index contributed by atoms with van der Waals surface area (Å²) in [5.74, 6) is -0.198. The van der Waals surface area contributed by atoms with Crippen LogP contribution >= 0.6 is 11.6 Å². The summed E-state index contributed by atoms with van der Waals surface area (Å²) in [4.78, 5) is 4.17. The number of aromatic nitrogens is 8. The zero-order valence-electron chi connectivity index (χ0n) is 21.1. The SMILES string of the molecule is Cc1nccn1-c1cnn([C@@H](CCOC(F)F)c2ccc(-c3c(-n4cc(C(F)F)nn4)ccc(Cl)c3F)c[n+]2O)c1. The Balaban J connectivity index is 1.55. The highest BCUT2D eigenvalue weighted by Crippen LogP contribution is 2.34. The van der Waals surface area contributed by atoms with E-state index in [0.29, 0.717) is 16.2 Å². The number of alkyl halides is 4. The third kappa shape index (κ3) is 5.76. The topological polar surface area (TPSA) is 99.7 Å². The van der Waals surface area contributed by atoms with Crippen LogP contribution in [-0.4, -0.2) is 52.8 Å². The number of rotatable bonds is 10. The molecule has 5 rings (SSSR count). The number of hydrogen-bond acceptors (Lipinski definition) is 6. The minimum Gasteiger partial charge on any atom is -0.323 e. The Bertz CT molecular complexity index is 1670. The highest BCUT2D eigenvalue weighted by atomic mass is 35.5. The van der Waals surface area contributed by atoms with Gasteiger partial charge in [0.1, 0.15) is 17.6 Å². The van der Waals surface area contributed by atoms with E-state index in [2.05, 4.69) is 25.1 Å². The van der Waals surface area contributed by atoms with Crippen molar-refractivity contribution in [2.24, 2.45) is 0 Å². The number of pyridine rings is 1. The fourth-order valence-electron chi connectivity index (χ4n) is 4.37. The van der Waals surface area contributed by atoms with Crippen LogP contribution in [0.2, 0.25) is 5.02 Å². The molecular weight excluding hydrogens is 575 g/mol. The lowest BCUT2D eigenvalue weighted by Gasteiger charge is -2.15. The van der Waals surface area contributed by atoms with E-state index in [4.69, 9.17) is 11.6 Å². The Labute approximate surface area is 233 Å². The molecule has 0 unspecified atom stereocenters. The average molecular weight is 596 g/mol. The summed E-state index contributed by atoms with van der Waals surface area (Å²) < 4.78 is 76.3. The first-order valence-corrected chi connectivity index (χ1v) is 12.4. The third-order valence-corrected chi connectivity index (χ3v) is 6.58. The van der Waals surface area contributed by atoms with Crippen LogP contribution in [-0.2, 0) is 4.74 Å². The first-order valence-electron chi connectivity index (χ1n) is 12.0. The summed E-state index contributed by atoms with van der Waals surface area (Å²) in [6.07, 6.45) is 5.75. The van der Waals surface area contributed by atoms with Crippen molar-refractivity contribution in [2.75, 3.05) is 6.61 Å². The van der Waals surface area contributed by atoms with Crippen molar-refractivity contribution in [2.45, 2.75) is 32.4 Å². The number of nitrogens with zero attached hydrogens (tertiary/aromatic N) is 8. The summed E-state index contributed by atoms with van der Waals surface area (Å²) in [6, 6.07) is 4.71. The van der Waals surface area contributed by atoms with Gasteiger partial charge in [0.25, 0.3) is 12.1 Å². The molecule has 0 saturated carbocycles. The molecule has 214 valence electrons. The number of aryl methyl sites for hydroxylation is 1. The van der Waals surface area contributed by atoms with Gasteiger partial charge in [0, 0.05) is 35.8 Å². The molecule has 5 aromatic rings. The predicted molar refractivity (Wildman–Crippen MR) is 133 cm³/mol. The van der Waals surface area contributed by atoms with Crippen LogP contribution in [0.15, 0.2) is 61.4 Å². The molecule has 0 amide bonds. The average Bonchev–Trinajstić information content (AvgIpc) is 3.69. The van der Waals surface area contributed by atoms with Gasteiger partial charge in [-0.3, -0.25) is 9.89 Å². The Morgan fingerprint density at radius 2 is 1.93 bits per heavy atom. The maximum atomic E-state index is 15.3. The van der Waals surface area contributed by atoms with Gasteiger partial charge < -0.3 is 9.30 Å². The second-order valence-corrected chi connectivity index (χ2v) is 9.20. The minimum atomic E-state index is -2.99. The van der Waals surface area contributed by atoms with Crippen LogP contribution < -0.4 is 4.73 Å². The van der Waals surface area contributed by atoms with Gasteiger partial charge in [0.05, 0.1) is 46.5 Å². The maximum absolute atomic E-state index is 15.3. The van der Waals surface area contributed by atoms with Crippen LogP contribution in [0, 0.1) is 12.7 Å². The number of benzene rings is 1. The zero-order valence-corrected chi connectivity index (χ0v) is 21.9. The molecule has 0 fully saturated rings. The summed E-state index contributed by atoms with van der Waals surface area (Å²) in [7, 11) is 0. The van der Waals surface area contributed by atoms with E-state index in [1.807, 2.05) is 0 Å². The second-order valence-electron chi connectivity index (χ2n) is 8.79. The summed E-state index contributed by atoms with van der Waals surface area (Å²) in [6.45, 7) is -1.56. The molecule has 0 spiro atoms. The molecule has 4 heterocycles. The Kier molecular flexibility index (Phi) is 7.99. The van der Waals surface area contributed by atoms with Gasteiger partial charge >= 0.3 is 6.61 Å². The molecule has 0 radical (unpaired) electrons. The van der Waals surface area contributed by atoms with Gasteiger partial charge in [0.2, 0.25) is 6.20 Å². The molecule has 0 bridgehead atoms. The molecule has 4 aromatic heterocycles. The predicted octanol–water partition coefficient (Wildman–Crippen LogP) is 5.10. The van der Waals surface area contributed by atoms with Crippen LogP contribution in [0.3, 0.4) is 0 Å². The van der Waals surface area contributed by atoms with Crippen LogP contribution in [0.5, 0.6) is 0 Å². The van der Waals surface area contributed by atoms with Crippen LogP contribution in [0.4, 0.5) is 22.0 Å². The van der Waals surface area contributed by atoms with E-state index in [1.54, 1.807) is 36.3 Å². The Hall–Kier alpha value is -4.37. The Morgan fingerprint density at radius 3 is 2.59 bits per heavy atom. The molecule has 10 nitrogen and oxygen atoms in total. The normalized spacial score (nSPS) is 12.5. The number of halogens is 6. The van der Waals surface area contributed by atoms with Crippen LogP contribution in [0.25, 0.3) is 22.5 Å². The third-order valence-electron chi connectivity index (χ3n) is 6.29. The standard InChI is InChI=1S/C25H21ClF5N8O2/c1-14-32-7-8-36(14)16-10-33-37(12-16)19(6-9-41-25(30)31)20-4-2-15(11-39(20)40)22-21(5-3-17(26)23(22)27)38-13-18(24(28)29)34-35-38/h2-5,7-8,10-13,19,24-25,40H,6,9H2,1H3/q+1/t19-/m0/s1. The molecule has 1 atom stereocenters. The lowest BCUT2D eigenvalue weighted by atomic mass is 10.0. The van der Waals surface area contributed by atoms with E-state index in [0.717, 1.165) is 10.9 Å². The lowest BCUT2D eigenvalue weighted by Crippen LogP contribution is -2.38. The monoisotopic (exact) mass is 595 g/mol. The molecule has 0 aliphatic rings. The van der Waals surface area contributed by atoms with Gasteiger partial charge in [-0.25, -0.2) is 22.8 Å². The molecule has 41 heavy (non-hydrogen) atoms. The molecule has 0 aliphatic heterocycles. The summed E-state index contributed by atoms with van der Waals surface area (Å²) >= 11 is 6.02. The smallest absolute Gasteiger partial charge is 0.323 e. The van der Waals surface area contributed by atoms with Crippen molar-refractivity contribution in [3.63, 3.8) is 0 Å². The van der Waals surface area contributed by atoms with Crippen molar-refractivity contribution in [1.82, 2.24) is 34.3 Å². The zero-order chi connectivity index (χ0) is 29.3. The second kappa shape index (κ2) is 11.6. The van der Waals surface area contributed by atoms with Crippen molar-refractivity contribution >= 4 is 11.6 Å². The highest BCUT2D eigenvalue weighted by molar-refractivity contribution is 6.31. The van der Waals surface area contributed by atoms with E-state index in [-0.39, 0.29) is 40.6 Å². The number of hydrogen-bond donors (Lipinski definition) is 1. The van der Waals surface area contributed by atoms with Gasteiger partial charge in [-0.1, -0.05) is 16.8 Å². The molecule has 0 aliphatic carbocycles. The van der Waals surface area contributed by atoms with Gasteiger partial charge in [-0.2, -0.15) is 13.9 Å². The molecule has 1 aromatic carbocycles. The van der Waals surface area contributed by atoms with Crippen molar-refractivity contribution in [1.29, 1.82) is 0 Å². The molecule has 16 heteroatoms. The molecular formula is C25H21ClF5N8O2+. The molecule has 1 N–H and O–H groups in total. The summed E-state index contributed by atoms with van der Waals surface area (Å²) in [5.41, 5.74) is 0.228. The van der Waals surface area contributed by atoms with Crippen molar-refractivity contribution in [3.8, 4) is 22.5 Å². The summed E-state index contributed by atoms with van der Waals surface area (Å²) in [5, 5.41) is 22.2. The number of imidazole rings is 1. The van der Waals surface area contributed by atoms with E-state index >= 15 is 4.39 Å². The quantitative estimate of drug-likeness (QED) is 0.137. The lowest BCUT2D eigenvalue weighted by molar-refractivity contribution is -0.910. The Morgan fingerprint density at radius 1 is 1.12 bits per heavy atom. The first-order chi connectivity index (χ1) is 19.6. The van der Waals surface area contributed by atoms with Gasteiger partial charge in [0.15, 0.2) is 5.82 Å².